The van der Waals surface area contributed by atoms with Gasteiger partial charge in [0.05, 0.1) is 5.75 Å². The number of thioether (sulfide) groups is 1. The van der Waals surface area contributed by atoms with Crippen molar-refractivity contribution in [3.8, 4) is 11.5 Å². The first-order valence-electron chi connectivity index (χ1n) is 8.51. The van der Waals surface area contributed by atoms with Crippen molar-refractivity contribution in [2.75, 3.05) is 11.1 Å². The summed E-state index contributed by atoms with van der Waals surface area (Å²) in [5.74, 6) is 1.04. The van der Waals surface area contributed by atoms with Crippen molar-refractivity contribution in [3.05, 3.63) is 42.6 Å². The number of amides is 1. The van der Waals surface area contributed by atoms with Gasteiger partial charge in [-0.05, 0) is 43.2 Å². The van der Waals surface area contributed by atoms with Gasteiger partial charge in [-0.25, -0.2) is 4.98 Å². The molecule has 0 saturated heterocycles. The summed E-state index contributed by atoms with van der Waals surface area (Å²) in [6.45, 7) is 0. The van der Waals surface area contributed by atoms with Gasteiger partial charge in [-0.2, -0.15) is 4.98 Å². The van der Waals surface area contributed by atoms with E-state index in [1.165, 1.54) is 25.7 Å². The molecule has 0 atom stereocenters. The minimum Gasteiger partial charge on any atom is -0.434 e. The number of pyridine rings is 1. The van der Waals surface area contributed by atoms with Gasteiger partial charge in [-0.3, -0.25) is 4.79 Å². The van der Waals surface area contributed by atoms with Gasteiger partial charge in [0.1, 0.15) is 0 Å². The van der Waals surface area contributed by atoms with Crippen LogP contribution in [0.4, 0.5) is 5.69 Å². The van der Waals surface area contributed by atoms with E-state index in [2.05, 4.69) is 15.3 Å². The van der Waals surface area contributed by atoms with Gasteiger partial charge < -0.3 is 9.73 Å². The molecular formula is C19H19N3O2S. The maximum Gasteiger partial charge on any atom is 0.234 e. The number of carbonyl (C=O) groups is 1. The average molecular weight is 353 g/mol. The van der Waals surface area contributed by atoms with Crippen molar-refractivity contribution < 1.29 is 9.21 Å². The molecule has 0 unspecified atom stereocenters. The average Bonchev–Trinajstić information content (AvgIpc) is 3.29. The zero-order chi connectivity index (χ0) is 17.1. The van der Waals surface area contributed by atoms with E-state index < -0.39 is 0 Å². The van der Waals surface area contributed by atoms with E-state index in [4.69, 9.17) is 4.42 Å². The maximum absolute atomic E-state index is 12.2. The minimum atomic E-state index is 0.0354. The first-order valence-corrected chi connectivity index (χ1v) is 9.56. The van der Waals surface area contributed by atoms with Gasteiger partial charge in [0, 0.05) is 22.7 Å². The van der Waals surface area contributed by atoms with Crippen molar-refractivity contribution in [2.45, 2.75) is 30.9 Å². The fourth-order valence-electron chi connectivity index (χ4n) is 3.07. The number of hydrogen-bond acceptors (Lipinski definition) is 5. The van der Waals surface area contributed by atoms with E-state index in [-0.39, 0.29) is 5.91 Å². The summed E-state index contributed by atoms with van der Waals surface area (Å²) in [5, 5.41) is 3.61. The fourth-order valence-corrected chi connectivity index (χ4v) is 4.19. The molecule has 1 amide bonds. The molecular weight excluding hydrogens is 334 g/mol. The lowest BCUT2D eigenvalue weighted by Gasteiger charge is -2.09. The van der Waals surface area contributed by atoms with Gasteiger partial charge in [0.25, 0.3) is 0 Å². The van der Waals surface area contributed by atoms with Crippen LogP contribution in [0.1, 0.15) is 25.7 Å². The molecule has 1 fully saturated rings. The smallest absolute Gasteiger partial charge is 0.234 e. The molecule has 3 aromatic rings. The number of nitrogens with one attached hydrogen (secondary N) is 1. The molecule has 2 heterocycles. The third-order valence-corrected chi connectivity index (χ3v) is 5.68. The number of aromatic nitrogens is 2. The van der Waals surface area contributed by atoms with Crippen LogP contribution in [-0.4, -0.2) is 26.9 Å². The third-order valence-electron chi connectivity index (χ3n) is 4.31. The SMILES string of the molecule is O=C(CSC1CCCC1)Nc1cccc(-c2nc3ncccc3o2)c1. The van der Waals surface area contributed by atoms with Crippen molar-refractivity contribution in [1.29, 1.82) is 0 Å². The van der Waals surface area contributed by atoms with Crippen LogP contribution in [0.5, 0.6) is 0 Å². The lowest BCUT2D eigenvalue weighted by molar-refractivity contribution is -0.113. The first-order chi connectivity index (χ1) is 12.3. The van der Waals surface area contributed by atoms with E-state index >= 15 is 0 Å². The van der Waals surface area contributed by atoms with Crippen LogP contribution in [0, 0.1) is 0 Å². The summed E-state index contributed by atoms with van der Waals surface area (Å²) >= 11 is 1.76. The Morgan fingerprint density at radius 2 is 2.12 bits per heavy atom. The number of fused-ring (bicyclic) bond motifs is 1. The fraction of sp³-hybridized carbons (Fsp3) is 0.316. The standard InChI is InChI=1S/C19H19N3O2S/c23-17(12-25-15-7-1-2-8-15)21-14-6-3-5-13(11-14)19-22-18-16(24-19)9-4-10-20-18/h3-6,9-11,15H,1-2,7-8,12H2,(H,21,23). The Morgan fingerprint density at radius 1 is 1.24 bits per heavy atom. The number of benzene rings is 1. The van der Waals surface area contributed by atoms with E-state index in [9.17, 15) is 4.79 Å². The summed E-state index contributed by atoms with van der Waals surface area (Å²) in [5.41, 5.74) is 2.81. The van der Waals surface area contributed by atoms with Crippen molar-refractivity contribution in [2.24, 2.45) is 0 Å². The Bertz CT molecular complexity index is 854. The van der Waals surface area contributed by atoms with E-state index in [0.29, 0.717) is 28.1 Å². The predicted molar refractivity (Wildman–Crippen MR) is 101 cm³/mol. The molecule has 128 valence electrons. The second-order valence-corrected chi connectivity index (χ2v) is 7.48. The highest BCUT2D eigenvalue weighted by Crippen LogP contribution is 2.29. The molecule has 6 heteroatoms. The molecule has 2 aromatic heterocycles. The maximum atomic E-state index is 12.2. The number of hydrogen-bond donors (Lipinski definition) is 1. The lowest BCUT2D eigenvalue weighted by atomic mass is 10.2. The van der Waals surface area contributed by atoms with Crippen LogP contribution < -0.4 is 5.32 Å². The Balaban J connectivity index is 1.44. The zero-order valence-corrected chi connectivity index (χ0v) is 14.6. The molecule has 1 N–H and O–H groups in total. The molecule has 1 aromatic carbocycles. The van der Waals surface area contributed by atoms with Gasteiger partial charge in [0.15, 0.2) is 11.2 Å². The summed E-state index contributed by atoms with van der Waals surface area (Å²) in [6, 6.07) is 11.2. The number of rotatable bonds is 5. The number of nitrogens with zero attached hydrogens (tertiary/aromatic N) is 2. The highest BCUT2D eigenvalue weighted by molar-refractivity contribution is 8.00. The quantitative estimate of drug-likeness (QED) is 0.731. The molecule has 0 aliphatic heterocycles. The Morgan fingerprint density at radius 3 is 2.96 bits per heavy atom. The van der Waals surface area contributed by atoms with Crippen LogP contribution in [-0.2, 0) is 4.79 Å². The molecule has 1 saturated carbocycles. The number of carbonyl (C=O) groups excluding carboxylic acids is 1. The van der Waals surface area contributed by atoms with Crippen LogP contribution in [0.25, 0.3) is 22.7 Å². The second kappa shape index (κ2) is 7.27. The molecule has 1 aliphatic rings. The topological polar surface area (TPSA) is 68.0 Å². The van der Waals surface area contributed by atoms with E-state index in [1.807, 2.05) is 36.4 Å². The Hall–Kier alpha value is -2.34. The zero-order valence-electron chi connectivity index (χ0n) is 13.8. The summed E-state index contributed by atoms with van der Waals surface area (Å²) in [7, 11) is 0. The van der Waals surface area contributed by atoms with E-state index in [1.54, 1.807) is 18.0 Å². The normalized spacial score (nSPS) is 14.9. The summed E-state index contributed by atoms with van der Waals surface area (Å²) < 4.78 is 5.74. The van der Waals surface area contributed by atoms with Crippen LogP contribution in [0.3, 0.4) is 0 Å². The highest BCUT2D eigenvalue weighted by atomic mass is 32.2. The summed E-state index contributed by atoms with van der Waals surface area (Å²) in [4.78, 5) is 20.8. The van der Waals surface area contributed by atoms with Gasteiger partial charge >= 0.3 is 0 Å². The van der Waals surface area contributed by atoms with Crippen molar-refractivity contribution in [1.82, 2.24) is 9.97 Å². The van der Waals surface area contributed by atoms with Crippen molar-refractivity contribution >= 4 is 34.6 Å². The monoisotopic (exact) mass is 353 g/mol. The summed E-state index contributed by atoms with van der Waals surface area (Å²) in [6.07, 6.45) is 6.74. The molecule has 1 aliphatic carbocycles. The largest absolute Gasteiger partial charge is 0.434 e. The highest BCUT2D eigenvalue weighted by Gasteiger charge is 2.17. The molecule has 25 heavy (non-hydrogen) atoms. The lowest BCUT2D eigenvalue weighted by Crippen LogP contribution is -2.15. The molecule has 0 spiro atoms. The van der Waals surface area contributed by atoms with Crippen LogP contribution in [0.2, 0.25) is 0 Å². The minimum absolute atomic E-state index is 0.0354. The molecule has 5 nitrogen and oxygen atoms in total. The van der Waals surface area contributed by atoms with Crippen molar-refractivity contribution in [3.63, 3.8) is 0 Å². The Labute approximate surface area is 150 Å². The number of oxazole rings is 1. The van der Waals surface area contributed by atoms with Gasteiger partial charge in [-0.1, -0.05) is 18.9 Å². The van der Waals surface area contributed by atoms with Gasteiger partial charge in [0.2, 0.25) is 11.8 Å². The third kappa shape index (κ3) is 3.85. The van der Waals surface area contributed by atoms with Gasteiger partial charge in [-0.15, -0.1) is 11.8 Å². The molecule has 4 rings (SSSR count). The number of anilines is 1. The van der Waals surface area contributed by atoms with E-state index in [0.717, 1.165) is 11.3 Å². The van der Waals surface area contributed by atoms with Crippen LogP contribution in [0.15, 0.2) is 47.0 Å². The first kappa shape index (κ1) is 16.1. The van der Waals surface area contributed by atoms with Crippen LogP contribution >= 0.6 is 11.8 Å². The second-order valence-electron chi connectivity index (χ2n) is 6.19. The Kier molecular flexibility index (Phi) is 4.70. The molecule has 0 bridgehead atoms. The molecule has 0 radical (unpaired) electrons. The predicted octanol–water partition coefficient (Wildman–Crippen LogP) is 4.50.